The summed E-state index contributed by atoms with van der Waals surface area (Å²) in [5.41, 5.74) is 9.16. The number of rotatable bonds is 5. The van der Waals surface area contributed by atoms with Crippen LogP contribution in [0, 0.1) is 13.8 Å². The molecule has 17 heavy (non-hydrogen) atoms. The van der Waals surface area contributed by atoms with E-state index in [2.05, 4.69) is 5.10 Å². The zero-order chi connectivity index (χ0) is 13.2. The monoisotopic (exact) mass is 259 g/mol. The molecule has 0 bridgehead atoms. The Labute approximate surface area is 103 Å². The maximum atomic E-state index is 11.1. The molecule has 6 heteroatoms. The molecule has 0 radical (unpaired) electrons. The third-order valence-corrected chi connectivity index (χ3v) is 3.96. The van der Waals surface area contributed by atoms with Crippen LogP contribution >= 0.6 is 0 Å². The molecule has 5 nitrogen and oxygen atoms in total. The van der Waals surface area contributed by atoms with Gasteiger partial charge in [0.25, 0.3) is 0 Å². The molecule has 2 N–H and O–H groups in total. The van der Waals surface area contributed by atoms with Gasteiger partial charge in [-0.2, -0.15) is 5.10 Å². The molecular weight excluding hydrogens is 238 g/mol. The maximum Gasteiger partial charge on any atom is 0.147 e. The summed E-state index contributed by atoms with van der Waals surface area (Å²) < 4.78 is 23.9. The number of sulfone groups is 1. The molecule has 0 aliphatic heterocycles. The lowest BCUT2D eigenvalue weighted by molar-refractivity contribution is 0.585. The van der Waals surface area contributed by atoms with Gasteiger partial charge in [0.05, 0.1) is 11.4 Å². The first-order valence-electron chi connectivity index (χ1n) is 5.63. The predicted molar refractivity (Wildman–Crippen MR) is 68.7 cm³/mol. The fourth-order valence-electron chi connectivity index (χ4n) is 1.84. The number of aromatic nitrogens is 2. The van der Waals surface area contributed by atoms with Crippen LogP contribution in [0.15, 0.2) is 0 Å². The summed E-state index contributed by atoms with van der Waals surface area (Å²) in [5, 5.41) is 4.32. The van der Waals surface area contributed by atoms with Crippen LogP contribution < -0.4 is 5.73 Å². The van der Waals surface area contributed by atoms with Crippen LogP contribution in [0.4, 0.5) is 0 Å². The Kier molecular flexibility index (Phi) is 4.32. The van der Waals surface area contributed by atoms with E-state index in [0.29, 0.717) is 12.8 Å². The third-order valence-electron chi connectivity index (χ3n) is 2.98. The van der Waals surface area contributed by atoms with Gasteiger partial charge in [-0.3, -0.25) is 4.68 Å². The summed E-state index contributed by atoms with van der Waals surface area (Å²) in [6.45, 7) is 3.95. The molecule has 0 aliphatic carbocycles. The van der Waals surface area contributed by atoms with E-state index in [4.69, 9.17) is 5.73 Å². The Hall–Kier alpha value is -0.880. The van der Waals surface area contributed by atoms with Crippen molar-refractivity contribution in [3.05, 3.63) is 17.0 Å². The Bertz CT molecular complexity index is 491. The van der Waals surface area contributed by atoms with E-state index < -0.39 is 9.84 Å². The Morgan fingerprint density at radius 1 is 1.41 bits per heavy atom. The first-order valence-corrected chi connectivity index (χ1v) is 7.69. The summed E-state index contributed by atoms with van der Waals surface area (Å²) >= 11 is 0. The van der Waals surface area contributed by atoms with Crippen molar-refractivity contribution >= 4 is 9.84 Å². The van der Waals surface area contributed by atoms with Crippen molar-refractivity contribution in [2.24, 2.45) is 12.8 Å². The largest absolute Gasteiger partial charge is 0.327 e. The number of hydrogen-bond donors (Lipinski definition) is 1. The van der Waals surface area contributed by atoms with Gasteiger partial charge in [-0.25, -0.2) is 8.42 Å². The van der Waals surface area contributed by atoms with Gasteiger partial charge in [-0.1, -0.05) is 0 Å². The van der Waals surface area contributed by atoms with Gasteiger partial charge in [-0.05, 0) is 32.3 Å². The first kappa shape index (κ1) is 14.2. The maximum absolute atomic E-state index is 11.1. The van der Waals surface area contributed by atoms with E-state index >= 15 is 0 Å². The molecule has 0 aromatic carbocycles. The topological polar surface area (TPSA) is 78.0 Å². The molecule has 0 aliphatic rings. The van der Waals surface area contributed by atoms with Gasteiger partial charge in [0, 0.05) is 25.0 Å². The molecule has 0 saturated carbocycles. The number of nitrogens with two attached hydrogens (primary N) is 1. The number of nitrogens with zero attached hydrogens (tertiary/aromatic N) is 2. The van der Waals surface area contributed by atoms with E-state index in [0.717, 1.165) is 17.0 Å². The minimum absolute atomic E-state index is 0.133. The lowest BCUT2D eigenvalue weighted by Gasteiger charge is -2.11. The SMILES string of the molecule is Cc1nn(C)c(C)c1CC(N)CCS(C)(=O)=O. The van der Waals surface area contributed by atoms with E-state index in [1.807, 2.05) is 25.6 Å². The van der Waals surface area contributed by atoms with Crippen molar-refractivity contribution in [3.8, 4) is 0 Å². The summed E-state index contributed by atoms with van der Waals surface area (Å²) in [6.07, 6.45) is 2.41. The second-order valence-electron chi connectivity index (χ2n) is 4.66. The highest BCUT2D eigenvalue weighted by molar-refractivity contribution is 7.90. The fourth-order valence-corrected chi connectivity index (χ4v) is 2.57. The summed E-state index contributed by atoms with van der Waals surface area (Å²) in [7, 11) is -1.03. The van der Waals surface area contributed by atoms with Crippen LogP contribution in [0.3, 0.4) is 0 Å². The zero-order valence-electron chi connectivity index (χ0n) is 10.9. The Morgan fingerprint density at radius 2 is 2.00 bits per heavy atom. The van der Waals surface area contributed by atoms with Crippen molar-refractivity contribution in [1.82, 2.24) is 9.78 Å². The molecule has 0 fully saturated rings. The summed E-state index contributed by atoms with van der Waals surface area (Å²) in [5.74, 6) is 0.145. The molecule has 1 rings (SSSR count). The minimum Gasteiger partial charge on any atom is -0.327 e. The average molecular weight is 259 g/mol. The molecule has 1 aromatic heterocycles. The van der Waals surface area contributed by atoms with E-state index in [-0.39, 0.29) is 11.8 Å². The predicted octanol–water partition coefficient (Wildman–Crippen LogP) is 0.341. The van der Waals surface area contributed by atoms with Gasteiger partial charge in [0.15, 0.2) is 0 Å². The minimum atomic E-state index is -2.93. The lowest BCUT2D eigenvalue weighted by Crippen LogP contribution is -2.26. The van der Waals surface area contributed by atoms with Gasteiger partial charge in [0.1, 0.15) is 9.84 Å². The van der Waals surface area contributed by atoms with Gasteiger partial charge < -0.3 is 5.73 Å². The molecule has 98 valence electrons. The molecule has 1 aromatic rings. The van der Waals surface area contributed by atoms with E-state index in [1.165, 1.54) is 6.26 Å². The van der Waals surface area contributed by atoms with Crippen LogP contribution in [0.1, 0.15) is 23.4 Å². The van der Waals surface area contributed by atoms with Crippen LogP contribution in [0.2, 0.25) is 0 Å². The van der Waals surface area contributed by atoms with Gasteiger partial charge >= 0.3 is 0 Å². The molecule has 0 spiro atoms. The number of aryl methyl sites for hydroxylation is 2. The molecule has 1 unspecified atom stereocenters. The standard InChI is InChI=1S/C11H21N3O2S/c1-8-11(9(2)14(3)13-8)7-10(12)5-6-17(4,15)16/h10H,5-7,12H2,1-4H3. The van der Waals surface area contributed by atoms with Crippen molar-refractivity contribution < 1.29 is 8.42 Å². The van der Waals surface area contributed by atoms with Crippen LogP contribution in [-0.2, 0) is 23.3 Å². The molecule has 0 saturated heterocycles. The fraction of sp³-hybridized carbons (Fsp3) is 0.727. The quantitative estimate of drug-likeness (QED) is 0.827. The molecular formula is C11H21N3O2S. The number of hydrogen-bond acceptors (Lipinski definition) is 4. The highest BCUT2D eigenvalue weighted by Gasteiger charge is 2.14. The second-order valence-corrected chi connectivity index (χ2v) is 6.92. The normalized spacial score (nSPS) is 13.9. The van der Waals surface area contributed by atoms with Crippen LogP contribution in [0.25, 0.3) is 0 Å². The van der Waals surface area contributed by atoms with Crippen molar-refractivity contribution in [2.75, 3.05) is 12.0 Å². The summed E-state index contributed by atoms with van der Waals surface area (Å²) in [4.78, 5) is 0. The van der Waals surface area contributed by atoms with Crippen molar-refractivity contribution in [1.29, 1.82) is 0 Å². The van der Waals surface area contributed by atoms with Crippen LogP contribution in [-0.4, -0.2) is 36.2 Å². The molecule has 1 atom stereocenters. The highest BCUT2D eigenvalue weighted by atomic mass is 32.2. The highest BCUT2D eigenvalue weighted by Crippen LogP contribution is 2.14. The lowest BCUT2D eigenvalue weighted by atomic mass is 10.0. The molecule has 0 amide bonds. The average Bonchev–Trinajstić information content (AvgIpc) is 2.41. The smallest absolute Gasteiger partial charge is 0.147 e. The Balaban J connectivity index is 2.65. The van der Waals surface area contributed by atoms with Gasteiger partial charge in [0.2, 0.25) is 0 Å². The van der Waals surface area contributed by atoms with Crippen molar-refractivity contribution in [3.63, 3.8) is 0 Å². The van der Waals surface area contributed by atoms with Crippen molar-refractivity contribution in [2.45, 2.75) is 32.7 Å². The first-order chi connectivity index (χ1) is 7.70. The Morgan fingerprint density at radius 3 is 2.41 bits per heavy atom. The third kappa shape index (κ3) is 4.12. The second kappa shape index (κ2) is 5.18. The summed E-state index contributed by atoms with van der Waals surface area (Å²) in [6, 6.07) is -0.133. The zero-order valence-corrected chi connectivity index (χ0v) is 11.7. The van der Waals surface area contributed by atoms with Crippen LogP contribution in [0.5, 0.6) is 0 Å². The van der Waals surface area contributed by atoms with Gasteiger partial charge in [-0.15, -0.1) is 0 Å². The molecule has 1 heterocycles. The van der Waals surface area contributed by atoms with E-state index in [1.54, 1.807) is 0 Å². The van der Waals surface area contributed by atoms with E-state index in [9.17, 15) is 8.42 Å².